The first kappa shape index (κ1) is 9.75. The summed E-state index contributed by atoms with van der Waals surface area (Å²) in [7, 11) is 0. The van der Waals surface area contributed by atoms with Crippen molar-refractivity contribution < 1.29 is 5.11 Å². The van der Waals surface area contributed by atoms with Gasteiger partial charge in [0.1, 0.15) is 0 Å². The summed E-state index contributed by atoms with van der Waals surface area (Å²) in [5.41, 5.74) is 1.36. The summed E-state index contributed by atoms with van der Waals surface area (Å²) >= 11 is 0. The van der Waals surface area contributed by atoms with Crippen molar-refractivity contribution in [2.45, 2.75) is 32.7 Å². The van der Waals surface area contributed by atoms with Gasteiger partial charge in [0.05, 0.1) is 6.61 Å². The van der Waals surface area contributed by atoms with Crippen LogP contribution < -0.4 is 0 Å². The zero-order chi connectivity index (χ0) is 8.97. The van der Waals surface area contributed by atoms with Gasteiger partial charge in [-0.2, -0.15) is 0 Å². The van der Waals surface area contributed by atoms with E-state index in [-0.39, 0.29) is 0 Å². The van der Waals surface area contributed by atoms with Crippen LogP contribution in [0.15, 0.2) is 11.6 Å². The molecule has 1 N–H and O–H groups in total. The van der Waals surface area contributed by atoms with Crippen molar-refractivity contribution in [1.29, 1.82) is 0 Å². The van der Waals surface area contributed by atoms with E-state index in [0.717, 1.165) is 19.5 Å². The Morgan fingerprint density at radius 1 is 1.58 bits per heavy atom. The van der Waals surface area contributed by atoms with Crippen LogP contribution in [0.5, 0.6) is 0 Å². The first-order valence-electron chi connectivity index (χ1n) is 4.72. The fourth-order valence-electron chi connectivity index (χ4n) is 1.64. The second kappa shape index (κ2) is 4.63. The highest BCUT2D eigenvalue weighted by molar-refractivity contribution is 4.96. The summed E-state index contributed by atoms with van der Waals surface area (Å²) in [5, 5.41) is 9.04. The number of hydrogen-bond acceptors (Lipinski definition) is 2. The Kier molecular flexibility index (Phi) is 3.76. The summed E-state index contributed by atoms with van der Waals surface area (Å²) in [6, 6.07) is 0.417. The van der Waals surface area contributed by atoms with Crippen molar-refractivity contribution in [1.82, 2.24) is 4.90 Å². The van der Waals surface area contributed by atoms with Crippen molar-refractivity contribution >= 4 is 0 Å². The molecular weight excluding hydrogens is 150 g/mol. The van der Waals surface area contributed by atoms with Crippen molar-refractivity contribution in [2.75, 3.05) is 19.7 Å². The molecule has 2 heteroatoms. The van der Waals surface area contributed by atoms with Gasteiger partial charge in [0.2, 0.25) is 0 Å². The molecule has 0 aliphatic carbocycles. The lowest BCUT2D eigenvalue weighted by atomic mass is 10.2. The second-order valence-corrected chi connectivity index (χ2v) is 3.76. The van der Waals surface area contributed by atoms with Crippen LogP contribution in [0.4, 0.5) is 0 Å². The van der Waals surface area contributed by atoms with Gasteiger partial charge in [-0.1, -0.05) is 11.6 Å². The van der Waals surface area contributed by atoms with Crippen molar-refractivity contribution in [3.05, 3.63) is 11.6 Å². The summed E-state index contributed by atoms with van der Waals surface area (Å²) in [6.45, 7) is 6.70. The molecule has 1 saturated heterocycles. The van der Waals surface area contributed by atoms with Crippen LogP contribution in [0.1, 0.15) is 26.7 Å². The molecule has 0 saturated carbocycles. The van der Waals surface area contributed by atoms with E-state index in [1.54, 1.807) is 0 Å². The molecular formula is C10H19NO. The minimum Gasteiger partial charge on any atom is -0.395 e. The Labute approximate surface area is 74.9 Å². The molecule has 0 aromatic rings. The highest BCUT2D eigenvalue weighted by Crippen LogP contribution is 2.16. The first-order valence-corrected chi connectivity index (χ1v) is 4.72. The van der Waals surface area contributed by atoms with Gasteiger partial charge in [-0.05, 0) is 33.2 Å². The Morgan fingerprint density at radius 2 is 2.33 bits per heavy atom. The van der Waals surface area contributed by atoms with Gasteiger partial charge in [-0.15, -0.1) is 0 Å². The zero-order valence-electron chi connectivity index (χ0n) is 8.08. The number of rotatable bonds is 3. The highest BCUT2D eigenvalue weighted by atomic mass is 16.3. The average molecular weight is 169 g/mol. The molecule has 1 aliphatic rings. The van der Waals surface area contributed by atoms with Gasteiger partial charge >= 0.3 is 0 Å². The lowest BCUT2D eigenvalue weighted by Crippen LogP contribution is -2.32. The smallest absolute Gasteiger partial charge is 0.0587 e. The molecule has 1 aliphatic heterocycles. The van der Waals surface area contributed by atoms with Crippen LogP contribution in [0.2, 0.25) is 0 Å². The predicted molar refractivity (Wildman–Crippen MR) is 51.1 cm³/mol. The molecule has 1 unspecified atom stereocenters. The number of nitrogens with zero attached hydrogens (tertiary/aromatic N) is 1. The van der Waals surface area contributed by atoms with Crippen LogP contribution in [0.3, 0.4) is 0 Å². The maximum Gasteiger partial charge on any atom is 0.0587 e. The molecule has 2 nitrogen and oxygen atoms in total. The van der Waals surface area contributed by atoms with E-state index in [1.807, 2.05) is 0 Å². The molecule has 0 aromatic heterocycles. The third-order valence-corrected chi connectivity index (χ3v) is 2.44. The summed E-state index contributed by atoms with van der Waals surface area (Å²) in [6.07, 6.45) is 4.63. The first-order chi connectivity index (χ1) is 5.74. The molecule has 0 amide bonds. The van der Waals surface area contributed by atoms with E-state index >= 15 is 0 Å². The number of aliphatic hydroxyl groups is 1. The van der Waals surface area contributed by atoms with E-state index in [9.17, 15) is 0 Å². The van der Waals surface area contributed by atoms with Gasteiger partial charge in [0, 0.05) is 12.6 Å². The number of hydrogen-bond donors (Lipinski definition) is 1. The highest BCUT2D eigenvalue weighted by Gasteiger charge is 2.21. The monoisotopic (exact) mass is 169 g/mol. The standard InChI is InChI=1S/C10H19NO/c1-9(2)5-7-11-6-3-4-10(11)8-12/h5,10,12H,3-4,6-8H2,1-2H3. The molecule has 0 bridgehead atoms. The average Bonchev–Trinajstić information content (AvgIpc) is 2.47. The van der Waals surface area contributed by atoms with Crippen LogP contribution >= 0.6 is 0 Å². The molecule has 1 heterocycles. The maximum atomic E-state index is 9.04. The maximum absolute atomic E-state index is 9.04. The van der Waals surface area contributed by atoms with Crippen molar-refractivity contribution in [3.8, 4) is 0 Å². The number of likely N-dealkylation sites (tertiary alicyclic amines) is 1. The molecule has 0 spiro atoms. The fraction of sp³-hybridized carbons (Fsp3) is 0.800. The van der Waals surface area contributed by atoms with E-state index in [1.165, 1.54) is 12.0 Å². The third-order valence-electron chi connectivity index (χ3n) is 2.44. The lowest BCUT2D eigenvalue weighted by molar-refractivity contribution is 0.170. The summed E-state index contributed by atoms with van der Waals surface area (Å²) in [4.78, 5) is 2.35. The van der Waals surface area contributed by atoms with Gasteiger partial charge in [-0.25, -0.2) is 0 Å². The SMILES string of the molecule is CC(C)=CCN1CCCC1CO. The Hall–Kier alpha value is -0.340. The van der Waals surface area contributed by atoms with E-state index < -0.39 is 0 Å². The van der Waals surface area contributed by atoms with Crippen LogP contribution in [-0.4, -0.2) is 35.7 Å². The minimum absolute atomic E-state index is 0.316. The van der Waals surface area contributed by atoms with Crippen LogP contribution in [0, 0.1) is 0 Å². The van der Waals surface area contributed by atoms with Crippen LogP contribution in [-0.2, 0) is 0 Å². The minimum atomic E-state index is 0.316. The van der Waals surface area contributed by atoms with Gasteiger partial charge in [-0.3, -0.25) is 4.90 Å². The molecule has 1 fully saturated rings. The van der Waals surface area contributed by atoms with Crippen LogP contribution in [0.25, 0.3) is 0 Å². The quantitative estimate of drug-likeness (QED) is 0.646. The third kappa shape index (κ3) is 2.61. The Bertz CT molecular complexity index is 161. The van der Waals surface area contributed by atoms with Crippen molar-refractivity contribution in [2.24, 2.45) is 0 Å². The van der Waals surface area contributed by atoms with Gasteiger partial charge in [0.15, 0.2) is 0 Å². The molecule has 1 rings (SSSR count). The normalized spacial score (nSPS) is 24.4. The lowest BCUT2D eigenvalue weighted by Gasteiger charge is -2.20. The molecule has 12 heavy (non-hydrogen) atoms. The van der Waals surface area contributed by atoms with Gasteiger partial charge < -0.3 is 5.11 Å². The number of allylic oxidation sites excluding steroid dienone is 1. The zero-order valence-corrected chi connectivity index (χ0v) is 8.08. The second-order valence-electron chi connectivity index (χ2n) is 3.76. The van der Waals surface area contributed by atoms with E-state index in [4.69, 9.17) is 5.11 Å². The predicted octanol–water partition coefficient (Wildman–Crippen LogP) is 1.41. The molecule has 0 aromatic carbocycles. The van der Waals surface area contributed by atoms with Gasteiger partial charge in [0.25, 0.3) is 0 Å². The topological polar surface area (TPSA) is 23.5 Å². The molecule has 1 atom stereocenters. The Balaban J connectivity index is 2.35. The molecule has 0 radical (unpaired) electrons. The van der Waals surface area contributed by atoms with E-state index in [0.29, 0.717) is 12.6 Å². The molecule has 70 valence electrons. The Morgan fingerprint density at radius 3 is 2.92 bits per heavy atom. The summed E-state index contributed by atoms with van der Waals surface area (Å²) in [5.74, 6) is 0. The van der Waals surface area contributed by atoms with E-state index in [2.05, 4.69) is 24.8 Å². The largest absolute Gasteiger partial charge is 0.395 e. The number of aliphatic hydroxyl groups excluding tert-OH is 1. The van der Waals surface area contributed by atoms with Crippen molar-refractivity contribution in [3.63, 3.8) is 0 Å². The summed E-state index contributed by atoms with van der Waals surface area (Å²) < 4.78 is 0. The fourth-order valence-corrected chi connectivity index (χ4v) is 1.64.